The Hall–Kier alpha value is -2.32. The molecule has 0 radical (unpaired) electrons. The average Bonchev–Trinajstić information content (AvgIpc) is 2.66. The highest BCUT2D eigenvalue weighted by Crippen LogP contribution is 2.23. The fourth-order valence-electron chi connectivity index (χ4n) is 2.74. The van der Waals surface area contributed by atoms with Crippen LogP contribution >= 0.6 is 0 Å². The normalized spacial score (nSPS) is 16.4. The van der Waals surface area contributed by atoms with Crippen molar-refractivity contribution in [3.63, 3.8) is 0 Å². The van der Waals surface area contributed by atoms with Gasteiger partial charge in [0, 0.05) is 20.2 Å². The zero-order valence-electron chi connectivity index (χ0n) is 17.1. The van der Waals surface area contributed by atoms with Crippen molar-refractivity contribution in [2.45, 2.75) is 51.8 Å². The molecule has 8 heteroatoms. The first-order valence-corrected chi connectivity index (χ1v) is 9.23. The van der Waals surface area contributed by atoms with Crippen LogP contribution in [0, 0.1) is 0 Å². The van der Waals surface area contributed by atoms with Gasteiger partial charge in [-0.15, -0.1) is 0 Å². The van der Waals surface area contributed by atoms with Crippen LogP contribution in [0.15, 0.2) is 24.3 Å². The second kappa shape index (κ2) is 9.75. The van der Waals surface area contributed by atoms with Crippen molar-refractivity contribution >= 4 is 12.1 Å². The topological polar surface area (TPSA) is 83.5 Å². The van der Waals surface area contributed by atoms with Gasteiger partial charge in [-0.1, -0.05) is 12.1 Å². The number of carbonyl (C=O) groups is 2. The Morgan fingerprint density at radius 1 is 1.11 bits per heavy atom. The molecule has 1 saturated heterocycles. The van der Waals surface area contributed by atoms with Crippen LogP contribution in [0.5, 0.6) is 5.75 Å². The van der Waals surface area contributed by atoms with E-state index in [4.69, 9.17) is 23.7 Å². The second-order valence-corrected chi connectivity index (χ2v) is 7.43. The summed E-state index contributed by atoms with van der Waals surface area (Å²) in [4.78, 5) is 25.7. The van der Waals surface area contributed by atoms with Gasteiger partial charge < -0.3 is 28.6 Å². The highest BCUT2D eigenvalue weighted by Gasteiger charge is 2.29. The summed E-state index contributed by atoms with van der Waals surface area (Å²) < 4.78 is 27.0. The number of amides is 1. The van der Waals surface area contributed by atoms with Crippen molar-refractivity contribution < 1.29 is 33.3 Å². The first-order chi connectivity index (χ1) is 13.2. The first kappa shape index (κ1) is 22.0. The lowest BCUT2D eigenvalue weighted by Crippen LogP contribution is -2.44. The Balaban J connectivity index is 1.90. The molecule has 1 aromatic carbocycles. The van der Waals surface area contributed by atoms with E-state index in [-0.39, 0.29) is 17.8 Å². The molecule has 1 atom stereocenters. The molecule has 0 N–H and O–H groups in total. The summed E-state index contributed by atoms with van der Waals surface area (Å²) in [5, 5.41) is 0. The van der Waals surface area contributed by atoms with E-state index in [0.29, 0.717) is 31.7 Å². The van der Waals surface area contributed by atoms with Crippen LogP contribution in [0.3, 0.4) is 0 Å². The molecular formula is C20H29NO7. The number of likely N-dealkylation sites (tertiary alicyclic amines) is 1. The van der Waals surface area contributed by atoms with Gasteiger partial charge in [0.15, 0.2) is 0 Å². The third-order valence-corrected chi connectivity index (χ3v) is 4.11. The minimum Gasteiger partial charge on any atom is -0.465 e. The van der Waals surface area contributed by atoms with Gasteiger partial charge in [-0.2, -0.15) is 0 Å². The number of nitrogens with zero attached hydrogens (tertiary/aromatic N) is 1. The predicted octanol–water partition coefficient (Wildman–Crippen LogP) is 3.20. The van der Waals surface area contributed by atoms with E-state index in [2.05, 4.69) is 0 Å². The molecule has 1 fully saturated rings. The van der Waals surface area contributed by atoms with E-state index in [1.54, 1.807) is 29.2 Å². The van der Waals surface area contributed by atoms with Crippen LogP contribution in [0.1, 0.15) is 44.0 Å². The lowest BCUT2D eigenvalue weighted by molar-refractivity contribution is -0.259. The van der Waals surface area contributed by atoms with E-state index in [1.165, 1.54) is 14.2 Å². The molecule has 2 rings (SSSR count). The molecular weight excluding hydrogens is 366 g/mol. The van der Waals surface area contributed by atoms with Crippen molar-refractivity contribution in [3.05, 3.63) is 29.8 Å². The molecule has 8 nitrogen and oxygen atoms in total. The molecule has 0 saturated carbocycles. The van der Waals surface area contributed by atoms with Gasteiger partial charge >= 0.3 is 18.5 Å². The van der Waals surface area contributed by atoms with Crippen molar-refractivity contribution in [2.24, 2.45) is 0 Å². The Bertz CT molecular complexity index is 663. The molecule has 0 aromatic heterocycles. The first-order valence-electron chi connectivity index (χ1n) is 9.23. The highest BCUT2D eigenvalue weighted by molar-refractivity contribution is 5.92. The number of para-hydroxylation sites is 1. The highest BCUT2D eigenvalue weighted by atomic mass is 16.8. The summed E-state index contributed by atoms with van der Waals surface area (Å²) in [6, 6.07) is 6.71. The van der Waals surface area contributed by atoms with Crippen LogP contribution < -0.4 is 4.74 Å². The third kappa shape index (κ3) is 6.38. The van der Waals surface area contributed by atoms with Crippen LogP contribution in [0.2, 0.25) is 0 Å². The molecule has 1 amide bonds. The number of esters is 1. The van der Waals surface area contributed by atoms with E-state index in [1.807, 2.05) is 20.8 Å². The van der Waals surface area contributed by atoms with E-state index < -0.39 is 18.0 Å². The van der Waals surface area contributed by atoms with Crippen LogP contribution in [-0.2, 0) is 18.9 Å². The fourth-order valence-corrected chi connectivity index (χ4v) is 2.74. The second-order valence-electron chi connectivity index (χ2n) is 7.43. The van der Waals surface area contributed by atoms with Gasteiger partial charge in [-0.25, -0.2) is 9.59 Å². The lowest BCUT2D eigenvalue weighted by atomic mass is 10.1. The molecule has 1 aliphatic rings. The fraction of sp³-hybridized carbons (Fsp3) is 0.600. The van der Waals surface area contributed by atoms with Crippen molar-refractivity contribution in [3.8, 4) is 5.75 Å². The van der Waals surface area contributed by atoms with Crippen LogP contribution in [-0.4, -0.2) is 62.5 Å². The Kier molecular flexibility index (Phi) is 7.65. The third-order valence-electron chi connectivity index (χ3n) is 4.11. The molecule has 0 aliphatic carbocycles. The van der Waals surface area contributed by atoms with Gasteiger partial charge in [-0.05, 0) is 45.7 Å². The van der Waals surface area contributed by atoms with E-state index >= 15 is 0 Å². The Morgan fingerprint density at radius 2 is 1.75 bits per heavy atom. The number of methoxy groups -OCH3 is 2. The quantitative estimate of drug-likeness (QED) is 0.540. The summed E-state index contributed by atoms with van der Waals surface area (Å²) in [5.74, 6) is -0.191. The number of hydrogen-bond acceptors (Lipinski definition) is 7. The van der Waals surface area contributed by atoms with Crippen molar-refractivity contribution in [1.29, 1.82) is 0 Å². The number of piperidine rings is 1. The van der Waals surface area contributed by atoms with Crippen LogP contribution in [0.25, 0.3) is 0 Å². The maximum Gasteiger partial charge on any atom is 0.410 e. The lowest BCUT2D eigenvalue weighted by Gasteiger charge is -2.34. The summed E-state index contributed by atoms with van der Waals surface area (Å²) in [5.41, 5.74) is -0.234. The zero-order chi connectivity index (χ0) is 20.7. The SMILES string of the molecule is COC(=O)c1ccccc1OC(OC)OC1CCN(C(=O)OC(C)(C)C)CC1. The van der Waals surface area contributed by atoms with Crippen molar-refractivity contribution in [2.75, 3.05) is 27.3 Å². The standard InChI is InChI=1S/C20H29NO7/c1-20(2,3)28-18(23)21-12-10-14(11-13-21)26-19(25-5)27-16-9-7-6-8-15(16)17(22)24-4/h6-9,14,19H,10-13H2,1-5H3. The largest absolute Gasteiger partial charge is 0.465 e. The van der Waals surface area contributed by atoms with E-state index in [9.17, 15) is 9.59 Å². The number of ether oxygens (including phenoxy) is 5. The molecule has 1 heterocycles. The summed E-state index contributed by atoms with van der Waals surface area (Å²) in [6.07, 6.45) is 0.786. The smallest absolute Gasteiger partial charge is 0.410 e. The minimum atomic E-state index is -0.983. The van der Waals surface area contributed by atoms with Gasteiger partial charge in [0.2, 0.25) is 0 Å². The average molecular weight is 395 g/mol. The molecule has 1 aliphatic heterocycles. The maximum absolute atomic E-state index is 12.1. The number of benzene rings is 1. The monoisotopic (exact) mass is 395 g/mol. The summed E-state index contributed by atoms with van der Waals surface area (Å²) >= 11 is 0. The Labute approximate surface area is 165 Å². The number of rotatable bonds is 6. The van der Waals surface area contributed by atoms with Crippen LogP contribution in [0.4, 0.5) is 4.79 Å². The molecule has 28 heavy (non-hydrogen) atoms. The molecule has 1 unspecified atom stereocenters. The van der Waals surface area contributed by atoms with E-state index in [0.717, 1.165) is 0 Å². The maximum atomic E-state index is 12.1. The molecule has 0 bridgehead atoms. The number of hydrogen-bond donors (Lipinski definition) is 0. The summed E-state index contributed by atoms with van der Waals surface area (Å²) in [6.45, 7) is 5.58. The minimum absolute atomic E-state index is 0.145. The summed E-state index contributed by atoms with van der Waals surface area (Å²) in [7, 11) is 2.77. The number of carbonyl (C=O) groups excluding carboxylic acids is 2. The molecule has 156 valence electrons. The molecule has 0 spiro atoms. The van der Waals surface area contributed by atoms with Gasteiger partial charge in [0.05, 0.1) is 13.2 Å². The van der Waals surface area contributed by atoms with Gasteiger partial charge in [0.1, 0.15) is 16.9 Å². The predicted molar refractivity (Wildman–Crippen MR) is 101 cm³/mol. The zero-order valence-corrected chi connectivity index (χ0v) is 17.1. The molecule has 1 aromatic rings. The van der Waals surface area contributed by atoms with Gasteiger partial charge in [-0.3, -0.25) is 0 Å². The van der Waals surface area contributed by atoms with Gasteiger partial charge in [0.25, 0.3) is 0 Å². The Morgan fingerprint density at radius 3 is 2.32 bits per heavy atom. The van der Waals surface area contributed by atoms with Crippen molar-refractivity contribution in [1.82, 2.24) is 4.90 Å².